The fourth-order valence-corrected chi connectivity index (χ4v) is 2.22. The zero-order chi connectivity index (χ0) is 12.5. The van der Waals surface area contributed by atoms with Crippen molar-refractivity contribution >= 4 is 0 Å². The van der Waals surface area contributed by atoms with Gasteiger partial charge < -0.3 is 15.1 Å². The summed E-state index contributed by atoms with van der Waals surface area (Å²) in [6.45, 7) is 1.02. The van der Waals surface area contributed by atoms with E-state index >= 15 is 0 Å². The third kappa shape index (κ3) is 2.99. The Morgan fingerprint density at radius 3 is 2.53 bits per heavy atom. The molecule has 2 N–H and O–H groups in total. The van der Waals surface area contributed by atoms with Crippen molar-refractivity contribution in [2.24, 2.45) is 5.41 Å². The van der Waals surface area contributed by atoms with E-state index in [1.54, 1.807) is 6.07 Å². The smallest absolute Gasteiger partial charge is 0.120 e. The van der Waals surface area contributed by atoms with Crippen LogP contribution in [-0.2, 0) is 13.0 Å². The molecule has 0 saturated heterocycles. The number of rotatable bonds is 5. The van der Waals surface area contributed by atoms with Crippen LogP contribution < -0.4 is 0 Å². The van der Waals surface area contributed by atoms with Crippen LogP contribution in [0.25, 0.3) is 0 Å². The van der Waals surface area contributed by atoms with E-state index in [0.717, 1.165) is 31.4 Å². The second-order valence-electron chi connectivity index (χ2n) is 5.54. The van der Waals surface area contributed by atoms with Crippen molar-refractivity contribution in [3.8, 4) is 5.75 Å². The van der Waals surface area contributed by atoms with E-state index in [2.05, 4.69) is 6.07 Å². The van der Waals surface area contributed by atoms with E-state index in [1.807, 2.05) is 25.1 Å². The van der Waals surface area contributed by atoms with Crippen molar-refractivity contribution < 1.29 is 10.2 Å². The Kier molecular flexibility index (Phi) is 3.40. The first-order valence-corrected chi connectivity index (χ1v) is 6.11. The first kappa shape index (κ1) is 12.4. The standard InChI is InChI=1S/C14H21NO2/c1-15(2)9-12-7-11(3-4-13(12)17)8-14(10-16)5-6-14/h3-4,7,16-17H,5-6,8-10H2,1-2H3. The molecule has 0 atom stereocenters. The maximum Gasteiger partial charge on any atom is 0.120 e. The molecule has 1 aliphatic carbocycles. The molecule has 2 rings (SSSR count). The summed E-state index contributed by atoms with van der Waals surface area (Å²) < 4.78 is 0. The Hall–Kier alpha value is -1.06. The minimum absolute atomic E-state index is 0.131. The van der Waals surface area contributed by atoms with Crippen LogP contribution in [0.4, 0.5) is 0 Å². The molecule has 1 aromatic carbocycles. The number of nitrogens with zero attached hydrogens (tertiary/aromatic N) is 1. The number of hydrogen-bond donors (Lipinski definition) is 2. The fraction of sp³-hybridized carbons (Fsp3) is 0.571. The van der Waals surface area contributed by atoms with Gasteiger partial charge in [0.2, 0.25) is 0 Å². The molecule has 3 nitrogen and oxygen atoms in total. The van der Waals surface area contributed by atoms with Gasteiger partial charge in [0.25, 0.3) is 0 Å². The summed E-state index contributed by atoms with van der Waals surface area (Å²) in [5, 5.41) is 19.1. The lowest BCUT2D eigenvalue weighted by molar-refractivity contribution is 0.211. The SMILES string of the molecule is CN(C)Cc1cc(CC2(CO)CC2)ccc1O. The summed E-state index contributed by atoms with van der Waals surface area (Å²) >= 11 is 0. The summed E-state index contributed by atoms with van der Waals surface area (Å²) in [7, 11) is 3.98. The van der Waals surface area contributed by atoms with Crippen LogP contribution >= 0.6 is 0 Å². The van der Waals surface area contributed by atoms with Gasteiger partial charge >= 0.3 is 0 Å². The van der Waals surface area contributed by atoms with Crippen LogP contribution in [0, 0.1) is 5.41 Å². The number of aromatic hydroxyl groups is 1. The minimum atomic E-state index is 0.131. The number of phenols is 1. The number of aliphatic hydroxyl groups is 1. The Morgan fingerprint density at radius 2 is 2.00 bits per heavy atom. The van der Waals surface area contributed by atoms with Gasteiger partial charge in [-0.05, 0) is 50.4 Å². The normalized spacial score (nSPS) is 17.4. The van der Waals surface area contributed by atoms with E-state index in [-0.39, 0.29) is 12.0 Å². The molecule has 0 aromatic heterocycles. The van der Waals surface area contributed by atoms with Gasteiger partial charge in [-0.1, -0.05) is 12.1 Å². The predicted octanol–water partition coefficient (Wildman–Crippen LogP) is 1.77. The Labute approximate surface area is 103 Å². The molecule has 0 radical (unpaired) electrons. The van der Waals surface area contributed by atoms with E-state index in [4.69, 9.17) is 0 Å². The molecule has 1 fully saturated rings. The topological polar surface area (TPSA) is 43.7 Å². The monoisotopic (exact) mass is 235 g/mol. The van der Waals surface area contributed by atoms with Crippen molar-refractivity contribution in [2.75, 3.05) is 20.7 Å². The first-order valence-electron chi connectivity index (χ1n) is 6.11. The number of benzene rings is 1. The first-order chi connectivity index (χ1) is 8.04. The highest BCUT2D eigenvalue weighted by Crippen LogP contribution is 2.48. The summed E-state index contributed by atoms with van der Waals surface area (Å²) in [4.78, 5) is 2.04. The van der Waals surface area contributed by atoms with Crippen molar-refractivity contribution in [1.29, 1.82) is 0 Å². The number of phenolic OH excluding ortho intramolecular Hbond substituents is 1. The van der Waals surface area contributed by atoms with Gasteiger partial charge in [0.1, 0.15) is 5.75 Å². The fourth-order valence-electron chi connectivity index (χ4n) is 2.22. The average Bonchev–Trinajstić information content (AvgIpc) is 3.03. The van der Waals surface area contributed by atoms with Crippen LogP contribution in [0.15, 0.2) is 18.2 Å². The second kappa shape index (κ2) is 4.67. The van der Waals surface area contributed by atoms with Crippen molar-refractivity contribution in [2.45, 2.75) is 25.8 Å². The van der Waals surface area contributed by atoms with Gasteiger partial charge in [0.05, 0.1) is 0 Å². The van der Waals surface area contributed by atoms with Gasteiger partial charge in [0.15, 0.2) is 0 Å². The lowest BCUT2D eigenvalue weighted by Crippen LogP contribution is -2.13. The van der Waals surface area contributed by atoms with Crippen molar-refractivity contribution in [1.82, 2.24) is 4.90 Å². The molecule has 0 spiro atoms. The molecule has 94 valence electrons. The predicted molar refractivity (Wildman–Crippen MR) is 68.0 cm³/mol. The Morgan fingerprint density at radius 1 is 1.29 bits per heavy atom. The maximum absolute atomic E-state index is 9.78. The molecule has 0 unspecified atom stereocenters. The summed E-state index contributed by atoms with van der Waals surface area (Å²) in [6.07, 6.45) is 3.16. The second-order valence-corrected chi connectivity index (χ2v) is 5.54. The lowest BCUT2D eigenvalue weighted by atomic mass is 9.96. The lowest BCUT2D eigenvalue weighted by Gasteiger charge is -2.15. The third-order valence-electron chi connectivity index (χ3n) is 3.50. The number of hydrogen-bond acceptors (Lipinski definition) is 3. The molecule has 17 heavy (non-hydrogen) atoms. The molecule has 1 aliphatic rings. The number of aliphatic hydroxyl groups excluding tert-OH is 1. The van der Waals surface area contributed by atoms with Gasteiger partial charge in [-0.3, -0.25) is 0 Å². The molecule has 0 aliphatic heterocycles. The maximum atomic E-state index is 9.78. The Bertz CT molecular complexity index is 397. The van der Waals surface area contributed by atoms with E-state index < -0.39 is 0 Å². The van der Waals surface area contributed by atoms with Crippen LogP contribution in [0.2, 0.25) is 0 Å². The summed E-state index contributed by atoms with van der Waals surface area (Å²) in [6, 6.07) is 5.79. The molecular weight excluding hydrogens is 214 g/mol. The quantitative estimate of drug-likeness (QED) is 0.817. The zero-order valence-corrected chi connectivity index (χ0v) is 10.6. The van der Waals surface area contributed by atoms with Crippen LogP contribution in [0.5, 0.6) is 5.75 Å². The average molecular weight is 235 g/mol. The van der Waals surface area contributed by atoms with Gasteiger partial charge in [-0.2, -0.15) is 0 Å². The van der Waals surface area contributed by atoms with Crippen LogP contribution in [0.1, 0.15) is 24.0 Å². The Balaban J connectivity index is 2.13. The van der Waals surface area contributed by atoms with E-state index in [9.17, 15) is 10.2 Å². The van der Waals surface area contributed by atoms with Crippen molar-refractivity contribution in [3.63, 3.8) is 0 Å². The molecule has 0 bridgehead atoms. The van der Waals surface area contributed by atoms with Crippen molar-refractivity contribution in [3.05, 3.63) is 29.3 Å². The minimum Gasteiger partial charge on any atom is -0.508 e. The molecule has 1 aromatic rings. The molecule has 1 saturated carbocycles. The van der Waals surface area contributed by atoms with Gasteiger partial charge in [-0.15, -0.1) is 0 Å². The van der Waals surface area contributed by atoms with Crippen LogP contribution in [-0.4, -0.2) is 35.8 Å². The molecule has 0 heterocycles. The molecule has 0 amide bonds. The third-order valence-corrected chi connectivity index (χ3v) is 3.50. The highest BCUT2D eigenvalue weighted by molar-refractivity contribution is 5.37. The molecular formula is C14H21NO2. The largest absolute Gasteiger partial charge is 0.508 e. The summed E-state index contributed by atoms with van der Waals surface area (Å²) in [5.74, 6) is 0.358. The van der Waals surface area contributed by atoms with E-state index in [0.29, 0.717) is 5.75 Å². The summed E-state index contributed by atoms with van der Waals surface area (Å²) in [5.41, 5.74) is 2.30. The highest BCUT2D eigenvalue weighted by Gasteiger charge is 2.41. The van der Waals surface area contributed by atoms with Crippen LogP contribution in [0.3, 0.4) is 0 Å². The van der Waals surface area contributed by atoms with E-state index in [1.165, 1.54) is 5.56 Å². The highest BCUT2D eigenvalue weighted by atomic mass is 16.3. The zero-order valence-electron chi connectivity index (χ0n) is 10.6. The van der Waals surface area contributed by atoms with Gasteiger partial charge in [-0.25, -0.2) is 0 Å². The molecule has 3 heteroatoms. The van der Waals surface area contributed by atoms with Gasteiger partial charge in [0, 0.05) is 18.7 Å².